The normalized spacial score (nSPS) is 29.6. The molecule has 0 aromatic heterocycles. The van der Waals surface area contributed by atoms with E-state index in [0.29, 0.717) is 6.54 Å². The van der Waals surface area contributed by atoms with Crippen LogP contribution in [0.15, 0.2) is 30.3 Å². The Hall–Kier alpha value is -1.88. The largest absolute Gasteiger partial charge is 0.373 e. The zero-order valence-corrected chi connectivity index (χ0v) is 12.1. The highest BCUT2D eigenvalue weighted by molar-refractivity contribution is 5.95. The quantitative estimate of drug-likeness (QED) is 0.911. The van der Waals surface area contributed by atoms with Crippen molar-refractivity contribution in [1.82, 2.24) is 10.2 Å². The van der Waals surface area contributed by atoms with E-state index in [-0.39, 0.29) is 30.6 Å². The summed E-state index contributed by atoms with van der Waals surface area (Å²) in [5.41, 5.74) is 0.821. The van der Waals surface area contributed by atoms with Crippen LogP contribution < -0.4 is 5.32 Å². The third kappa shape index (κ3) is 3.08. The van der Waals surface area contributed by atoms with Crippen LogP contribution in [-0.2, 0) is 14.3 Å². The zero-order valence-electron chi connectivity index (χ0n) is 12.1. The number of ether oxygens (including phenoxy) is 1. The van der Waals surface area contributed by atoms with E-state index in [1.165, 1.54) is 0 Å². The van der Waals surface area contributed by atoms with E-state index in [9.17, 15) is 9.59 Å². The van der Waals surface area contributed by atoms with Crippen LogP contribution in [0.1, 0.15) is 31.4 Å². The molecule has 2 aliphatic rings. The molecule has 0 bridgehead atoms. The average molecular weight is 288 g/mol. The van der Waals surface area contributed by atoms with E-state index in [1.54, 1.807) is 4.90 Å². The van der Waals surface area contributed by atoms with Gasteiger partial charge in [-0.3, -0.25) is 9.59 Å². The molecular formula is C16H20N2O3. The van der Waals surface area contributed by atoms with Crippen molar-refractivity contribution in [2.45, 2.75) is 38.0 Å². The number of rotatable bonds is 3. The van der Waals surface area contributed by atoms with Gasteiger partial charge in [0.1, 0.15) is 6.04 Å². The van der Waals surface area contributed by atoms with Gasteiger partial charge >= 0.3 is 0 Å². The Morgan fingerprint density at radius 2 is 2.00 bits per heavy atom. The third-order valence-electron chi connectivity index (χ3n) is 4.08. The second-order valence-corrected chi connectivity index (χ2v) is 5.78. The summed E-state index contributed by atoms with van der Waals surface area (Å²) in [7, 11) is 0. The van der Waals surface area contributed by atoms with E-state index < -0.39 is 6.04 Å². The van der Waals surface area contributed by atoms with Crippen LogP contribution in [0.5, 0.6) is 0 Å². The molecular weight excluding hydrogens is 268 g/mol. The lowest BCUT2D eigenvalue weighted by Gasteiger charge is -2.34. The summed E-state index contributed by atoms with van der Waals surface area (Å²) in [5.74, 6) is -0.168. The van der Waals surface area contributed by atoms with E-state index in [2.05, 4.69) is 5.32 Å². The maximum Gasteiger partial charge on any atom is 0.250 e. The smallest absolute Gasteiger partial charge is 0.250 e. The summed E-state index contributed by atoms with van der Waals surface area (Å²) >= 11 is 0. The maximum absolute atomic E-state index is 12.6. The summed E-state index contributed by atoms with van der Waals surface area (Å²) in [4.78, 5) is 26.1. The van der Waals surface area contributed by atoms with Crippen molar-refractivity contribution >= 4 is 11.8 Å². The zero-order chi connectivity index (χ0) is 14.8. The molecule has 0 saturated carbocycles. The van der Waals surface area contributed by atoms with Crippen molar-refractivity contribution in [3.63, 3.8) is 0 Å². The van der Waals surface area contributed by atoms with Crippen LogP contribution in [0.3, 0.4) is 0 Å². The van der Waals surface area contributed by atoms with Gasteiger partial charge in [-0.2, -0.15) is 0 Å². The minimum atomic E-state index is -0.578. The lowest BCUT2D eigenvalue weighted by molar-refractivity contribution is -0.146. The van der Waals surface area contributed by atoms with Gasteiger partial charge in [0.25, 0.3) is 0 Å². The van der Waals surface area contributed by atoms with Crippen molar-refractivity contribution < 1.29 is 14.3 Å². The summed E-state index contributed by atoms with van der Waals surface area (Å²) in [6.07, 6.45) is 2.25. The monoisotopic (exact) mass is 288 g/mol. The number of hydrogen-bond acceptors (Lipinski definition) is 3. The van der Waals surface area contributed by atoms with Gasteiger partial charge in [-0.25, -0.2) is 0 Å². The molecule has 2 amide bonds. The van der Waals surface area contributed by atoms with Gasteiger partial charge < -0.3 is 15.0 Å². The van der Waals surface area contributed by atoms with E-state index in [1.807, 2.05) is 37.3 Å². The van der Waals surface area contributed by atoms with E-state index in [4.69, 9.17) is 4.74 Å². The van der Waals surface area contributed by atoms with E-state index >= 15 is 0 Å². The van der Waals surface area contributed by atoms with E-state index in [0.717, 1.165) is 18.4 Å². The summed E-state index contributed by atoms with van der Waals surface area (Å²) in [5, 5.41) is 2.78. The highest BCUT2D eigenvalue weighted by Gasteiger charge is 2.36. The van der Waals surface area contributed by atoms with Crippen LogP contribution in [0.2, 0.25) is 0 Å². The molecule has 0 aliphatic carbocycles. The molecule has 2 fully saturated rings. The Kier molecular flexibility index (Phi) is 3.92. The van der Waals surface area contributed by atoms with Crippen molar-refractivity contribution in [1.29, 1.82) is 0 Å². The Morgan fingerprint density at radius 3 is 2.67 bits per heavy atom. The predicted octanol–water partition coefficient (Wildman–Crippen LogP) is 1.25. The third-order valence-corrected chi connectivity index (χ3v) is 4.08. The number of nitrogens with one attached hydrogen (secondary N) is 1. The van der Waals surface area contributed by atoms with Gasteiger partial charge in [0.2, 0.25) is 11.8 Å². The van der Waals surface area contributed by atoms with Crippen LogP contribution in [0.25, 0.3) is 0 Å². The molecule has 5 heteroatoms. The fourth-order valence-electron chi connectivity index (χ4n) is 2.99. The van der Waals surface area contributed by atoms with Gasteiger partial charge in [0.05, 0.1) is 18.8 Å². The van der Waals surface area contributed by atoms with Crippen molar-refractivity contribution in [3.05, 3.63) is 35.9 Å². The molecule has 21 heavy (non-hydrogen) atoms. The Balaban J connectivity index is 1.73. The molecule has 0 spiro atoms. The minimum Gasteiger partial charge on any atom is -0.373 e. The molecule has 5 nitrogen and oxygen atoms in total. The highest BCUT2D eigenvalue weighted by Crippen LogP contribution is 2.23. The maximum atomic E-state index is 12.6. The summed E-state index contributed by atoms with van der Waals surface area (Å²) in [6, 6.07) is 8.78. The highest BCUT2D eigenvalue weighted by atomic mass is 16.5. The lowest BCUT2D eigenvalue weighted by atomic mass is 10.0. The van der Waals surface area contributed by atoms with Crippen molar-refractivity contribution in [3.8, 4) is 0 Å². The number of nitrogens with zero attached hydrogens (tertiary/aromatic N) is 1. The van der Waals surface area contributed by atoms with Gasteiger partial charge in [-0.15, -0.1) is 0 Å². The van der Waals surface area contributed by atoms with Crippen molar-refractivity contribution in [2.75, 3.05) is 13.1 Å². The standard InChI is InChI=1S/C16H20N2O3/c1-11-7-8-13(21-11)9-18-10-14(19)17-15(16(18)20)12-5-3-2-4-6-12/h2-6,11,13,15H,7-10H2,1H3,(H,17,19). The molecule has 0 radical (unpaired) electrons. The predicted molar refractivity (Wildman–Crippen MR) is 77.5 cm³/mol. The number of benzene rings is 1. The lowest BCUT2D eigenvalue weighted by Crippen LogP contribution is -2.55. The molecule has 2 saturated heterocycles. The van der Waals surface area contributed by atoms with Gasteiger partial charge in [0.15, 0.2) is 0 Å². The first kappa shape index (κ1) is 14.1. The molecule has 1 aromatic carbocycles. The first-order chi connectivity index (χ1) is 10.1. The average Bonchev–Trinajstić information content (AvgIpc) is 2.89. The molecule has 1 N–H and O–H groups in total. The Morgan fingerprint density at radius 1 is 1.24 bits per heavy atom. The Bertz CT molecular complexity index is 532. The second kappa shape index (κ2) is 5.85. The van der Waals surface area contributed by atoms with Crippen LogP contribution in [0.4, 0.5) is 0 Å². The minimum absolute atomic E-state index is 0.0475. The van der Waals surface area contributed by atoms with Gasteiger partial charge in [-0.1, -0.05) is 30.3 Å². The number of carbonyl (C=O) groups is 2. The number of hydrogen-bond donors (Lipinski definition) is 1. The topological polar surface area (TPSA) is 58.6 Å². The van der Waals surface area contributed by atoms with Gasteiger partial charge in [-0.05, 0) is 25.3 Å². The SMILES string of the molecule is CC1CCC(CN2CC(=O)NC(c3ccccc3)C2=O)O1. The first-order valence-electron chi connectivity index (χ1n) is 7.42. The summed E-state index contributed by atoms with van der Waals surface area (Å²) < 4.78 is 5.76. The Labute approximate surface area is 124 Å². The molecule has 112 valence electrons. The molecule has 3 unspecified atom stereocenters. The van der Waals surface area contributed by atoms with Crippen LogP contribution in [-0.4, -0.2) is 42.0 Å². The van der Waals surface area contributed by atoms with Crippen molar-refractivity contribution in [2.24, 2.45) is 0 Å². The number of amides is 2. The molecule has 2 aliphatic heterocycles. The summed E-state index contributed by atoms with van der Waals surface area (Å²) in [6.45, 7) is 2.66. The fourth-order valence-corrected chi connectivity index (χ4v) is 2.99. The van der Waals surface area contributed by atoms with Gasteiger partial charge in [0, 0.05) is 6.54 Å². The molecule has 3 atom stereocenters. The van der Waals surface area contributed by atoms with Crippen LogP contribution in [0, 0.1) is 0 Å². The number of piperazine rings is 1. The first-order valence-corrected chi connectivity index (χ1v) is 7.42. The van der Waals surface area contributed by atoms with Crippen LogP contribution >= 0.6 is 0 Å². The molecule has 2 heterocycles. The number of carbonyl (C=O) groups excluding carboxylic acids is 2. The molecule has 1 aromatic rings. The molecule has 3 rings (SSSR count). The second-order valence-electron chi connectivity index (χ2n) is 5.78. The fraction of sp³-hybridized carbons (Fsp3) is 0.500.